The predicted molar refractivity (Wildman–Crippen MR) is 68.0 cm³/mol. The van der Waals surface area contributed by atoms with Gasteiger partial charge in [-0.05, 0) is 60.3 Å². The average Bonchev–Trinajstić information content (AvgIpc) is 2.77. The molecule has 1 aliphatic carbocycles. The summed E-state index contributed by atoms with van der Waals surface area (Å²) in [6.07, 6.45) is 3.74. The van der Waals surface area contributed by atoms with E-state index in [1.54, 1.807) is 0 Å². The molecule has 1 nitrogen and oxygen atoms in total. The Morgan fingerprint density at radius 2 is 2.12 bits per heavy atom. The Morgan fingerprint density at radius 1 is 1.35 bits per heavy atom. The summed E-state index contributed by atoms with van der Waals surface area (Å²) in [5.41, 5.74) is 0.214. The van der Waals surface area contributed by atoms with E-state index in [4.69, 9.17) is 0 Å². The lowest BCUT2D eigenvalue weighted by Gasteiger charge is -2.19. The van der Waals surface area contributed by atoms with Crippen LogP contribution in [0.4, 0.5) is 8.78 Å². The highest BCUT2D eigenvalue weighted by atomic mass is 79.9. The highest BCUT2D eigenvalue weighted by Gasteiger charge is 2.28. The first kappa shape index (κ1) is 13.0. The largest absolute Gasteiger partial charge is 0.317 e. The van der Waals surface area contributed by atoms with Gasteiger partial charge in [0.05, 0.1) is 4.47 Å². The maximum Gasteiger partial charge on any atom is 0.143 e. The molecule has 2 atom stereocenters. The van der Waals surface area contributed by atoms with Gasteiger partial charge in [-0.1, -0.05) is 6.42 Å². The molecule has 0 amide bonds. The van der Waals surface area contributed by atoms with E-state index in [1.807, 2.05) is 7.05 Å². The molecule has 1 aromatic rings. The van der Waals surface area contributed by atoms with Gasteiger partial charge in [-0.25, -0.2) is 8.78 Å². The van der Waals surface area contributed by atoms with Crippen molar-refractivity contribution in [3.8, 4) is 0 Å². The van der Waals surface area contributed by atoms with Crippen molar-refractivity contribution in [2.75, 3.05) is 7.05 Å². The van der Waals surface area contributed by atoms with Gasteiger partial charge >= 0.3 is 0 Å². The van der Waals surface area contributed by atoms with Crippen molar-refractivity contribution in [3.05, 3.63) is 33.8 Å². The van der Waals surface area contributed by atoms with Crippen LogP contribution in [0.3, 0.4) is 0 Å². The molecule has 1 saturated carbocycles. The van der Waals surface area contributed by atoms with Crippen LogP contribution in [0.15, 0.2) is 16.6 Å². The number of nitrogens with one attached hydrogen (secondary N) is 1. The zero-order valence-electron chi connectivity index (χ0n) is 9.77. The normalized spacial score (nSPS) is 24.2. The van der Waals surface area contributed by atoms with E-state index in [2.05, 4.69) is 21.2 Å². The molecule has 0 heterocycles. The molecule has 17 heavy (non-hydrogen) atoms. The van der Waals surface area contributed by atoms with E-state index in [1.165, 1.54) is 12.1 Å². The highest BCUT2D eigenvalue weighted by Crippen LogP contribution is 2.31. The van der Waals surface area contributed by atoms with Crippen molar-refractivity contribution in [1.29, 1.82) is 0 Å². The molecule has 2 rings (SSSR count). The summed E-state index contributed by atoms with van der Waals surface area (Å²) in [7, 11) is 1.91. The summed E-state index contributed by atoms with van der Waals surface area (Å²) in [6, 6.07) is 3.12. The summed E-state index contributed by atoms with van der Waals surface area (Å²) in [4.78, 5) is 0. The summed E-state index contributed by atoms with van der Waals surface area (Å²) in [5.74, 6) is -0.558. The smallest absolute Gasteiger partial charge is 0.143 e. The van der Waals surface area contributed by atoms with Crippen LogP contribution in [-0.4, -0.2) is 13.1 Å². The third-order valence-corrected chi connectivity index (χ3v) is 4.25. The van der Waals surface area contributed by atoms with Gasteiger partial charge in [0, 0.05) is 11.6 Å². The first-order valence-corrected chi connectivity index (χ1v) is 6.72. The summed E-state index contributed by atoms with van der Waals surface area (Å²) >= 11 is 3.10. The van der Waals surface area contributed by atoms with Crippen molar-refractivity contribution < 1.29 is 8.78 Å². The molecule has 1 N–H and O–H groups in total. The Morgan fingerprint density at radius 3 is 2.82 bits per heavy atom. The Kier molecular flexibility index (Phi) is 4.15. The van der Waals surface area contributed by atoms with Gasteiger partial charge < -0.3 is 5.32 Å². The Hall–Kier alpha value is -0.480. The van der Waals surface area contributed by atoms with Gasteiger partial charge in [0.15, 0.2) is 0 Å². The van der Waals surface area contributed by atoms with Gasteiger partial charge in [-0.15, -0.1) is 0 Å². The number of rotatable bonds is 3. The van der Waals surface area contributed by atoms with Gasteiger partial charge in [0.25, 0.3) is 0 Å². The van der Waals surface area contributed by atoms with Crippen LogP contribution in [0.25, 0.3) is 0 Å². The van der Waals surface area contributed by atoms with E-state index in [0.717, 1.165) is 19.3 Å². The van der Waals surface area contributed by atoms with E-state index in [-0.39, 0.29) is 5.56 Å². The minimum absolute atomic E-state index is 0.214. The van der Waals surface area contributed by atoms with Gasteiger partial charge in [-0.2, -0.15) is 0 Å². The lowest BCUT2D eigenvalue weighted by Crippen LogP contribution is -2.30. The van der Waals surface area contributed by atoms with Crippen LogP contribution in [0, 0.1) is 17.6 Å². The number of hydrogen-bond donors (Lipinski definition) is 1. The fourth-order valence-corrected chi connectivity index (χ4v) is 3.05. The highest BCUT2D eigenvalue weighted by molar-refractivity contribution is 9.10. The third-order valence-electron chi connectivity index (χ3n) is 3.64. The Bertz CT molecular complexity index is 409. The van der Waals surface area contributed by atoms with Crippen molar-refractivity contribution >= 4 is 15.9 Å². The van der Waals surface area contributed by atoms with Crippen molar-refractivity contribution in [1.82, 2.24) is 5.32 Å². The minimum atomic E-state index is -0.452. The summed E-state index contributed by atoms with van der Waals surface area (Å²) in [6.45, 7) is 0. The molecule has 1 aliphatic rings. The van der Waals surface area contributed by atoms with Crippen LogP contribution in [0.2, 0.25) is 0 Å². The molecule has 1 aromatic carbocycles. The molecule has 0 radical (unpaired) electrons. The fourth-order valence-electron chi connectivity index (χ4n) is 2.68. The maximum absolute atomic E-state index is 13.8. The Balaban J connectivity index is 2.21. The third kappa shape index (κ3) is 2.68. The monoisotopic (exact) mass is 303 g/mol. The number of benzene rings is 1. The molecular formula is C13H16BrF2N. The molecule has 0 bridgehead atoms. The lowest BCUT2D eigenvalue weighted by molar-refractivity contribution is 0.408. The molecule has 0 aliphatic heterocycles. The molecule has 0 aromatic heterocycles. The van der Waals surface area contributed by atoms with Gasteiger partial charge in [0.2, 0.25) is 0 Å². The first-order chi connectivity index (χ1) is 8.13. The molecule has 2 unspecified atom stereocenters. The molecule has 0 saturated heterocycles. The zero-order chi connectivity index (χ0) is 12.4. The topological polar surface area (TPSA) is 12.0 Å². The van der Waals surface area contributed by atoms with Crippen LogP contribution < -0.4 is 5.32 Å². The standard InChI is InChI=1S/C13H16BrF2N/c1-17-12-4-2-3-8(12)7-9-11(15)6-5-10(14)13(9)16/h5-6,8,12,17H,2-4,7H2,1H3. The summed E-state index contributed by atoms with van der Waals surface area (Å²) < 4.78 is 27.8. The fraction of sp³-hybridized carbons (Fsp3) is 0.538. The quantitative estimate of drug-likeness (QED) is 0.840. The first-order valence-electron chi connectivity index (χ1n) is 5.93. The number of halogens is 3. The van der Waals surface area contributed by atoms with E-state index < -0.39 is 11.6 Å². The molecular weight excluding hydrogens is 288 g/mol. The zero-order valence-corrected chi connectivity index (χ0v) is 11.4. The maximum atomic E-state index is 13.8. The van der Waals surface area contributed by atoms with Crippen LogP contribution >= 0.6 is 15.9 Å². The van der Waals surface area contributed by atoms with E-state index >= 15 is 0 Å². The van der Waals surface area contributed by atoms with Crippen molar-refractivity contribution in [3.63, 3.8) is 0 Å². The second kappa shape index (κ2) is 5.44. The summed E-state index contributed by atoms with van der Waals surface area (Å²) in [5, 5.41) is 3.23. The van der Waals surface area contributed by atoms with Crippen LogP contribution in [-0.2, 0) is 6.42 Å². The van der Waals surface area contributed by atoms with Crippen molar-refractivity contribution in [2.24, 2.45) is 5.92 Å². The van der Waals surface area contributed by atoms with Crippen LogP contribution in [0.1, 0.15) is 24.8 Å². The van der Waals surface area contributed by atoms with E-state index in [0.29, 0.717) is 22.9 Å². The van der Waals surface area contributed by atoms with Crippen molar-refractivity contribution in [2.45, 2.75) is 31.7 Å². The van der Waals surface area contributed by atoms with Crippen LogP contribution in [0.5, 0.6) is 0 Å². The Labute approximate surface area is 109 Å². The lowest BCUT2D eigenvalue weighted by atomic mass is 9.94. The average molecular weight is 304 g/mol. The molecule has 94 valence electrons. The second-order valence-electron chi connectivity index (χ2n) is 4.61. The molecule has 0 spiro atoms. The predicted octanol–water partition coefficient (Wildman–Crippen LogP) is 3.66. The minimum Gasteiger partial charge on any atom is -0.317 e. The van der Waals surface area contributed by atoms with Gasteiger partial charge in [-0.3, -0.25) is 0 Å². The van der Waals surface area contributed by atoms with Gasteiger partial charge in [0.1, 0.15) is 11.6 Å². The molecule has 1 fully saturated rings. The SMILES string of the molecule is CNC1CCCC1Cc1c(F)ccc(Br)c1F. The number of hydrogen-bond acceptors (Lipinski definition) is 1. The van der Waals surface area contributed by atoms with E-state index in [9.17, 15) is 8.78 Å². The molecule has 4 heteroatoms. The second-order valence-corrected chi connectivity index (χ2v) is 5.47.